The van der Waals surface area contributed by atoms with Crippen molar-refractivity contribution >= 4 is 11.9 Å². The Labute approximate surface area is 113 Å². The molecule has 1 aromatic rings. The van der Waals surface area contributed by atoms with E-state index in [1.54, 1.807) is 0 Å². The van der Waals surface area contributed by atoms with Gasteiger partial charge in [-0.1, -0.05) is 37.3 Å². The zero-order valence-corrected chi connectivity index (χ0v) is 11.3. The maximum Gasteiger partial charge on any atom is 0.309 e. The van der Waals surface area contributed by atoms with Crippen LogP contribution in [0.15, 0.2) is 30.3 Å². The summed E-state index contributed by atoms with van der Waals surface area (Å²) in [7, 11) is 0. The number of benzene rings is 1. The van der Waals surface area contributed by atoms with Crippen molar-refractivity contribution < 1.29 is 14.3 Å². The molecule has 1 aliphatic rings. The van der Waals surface area contributed by atoms with Crippen molar-refractivity contribution in [3.05, 3.63) is 35.9 Å². The third-order valence-electron chi connectivity index (χ3n) is 3.43. The maximum absolute atomic E-state index is 11.7. The first-order chi connectivity index (χ1) is 9.08. The Hall–Kier alpha value is -1.84. The summed E-state index contributed by atoms with van der Waals surface area (Å²) in [6.07, 6.45) is 0.876. The average Bonchev–Trinajstić information content (AvgIpc) is 3.14. The van der Waals surface area contributed by atoms with E-state index in [9.17, 15) is 9.59 Å². The molecule has 102 valence electrons. The predicted octanol–water partition coefficient (Wildman–Crippen LogP) is 2.06. The van der Waals surface area contributed by atoms with Gasteiger partial charge in [0.25, 0.3) is 5.91 Å². The summed E-state index contributed by atoms with van der Waals surface area (Å²) >= 11 is 0. The zero-order chi connectivity index (χ0) is 13.8. The van der Waals surface area contributed by atoms with E-state index in [1.807, 2.05) is 44.2 Å². The summed E-state index contributed by atoms with van der Waals surface area (Å²) in [4.78, 5) is 23.1. The fourth-order valence-electron chi connectivity index (χ4n) is 2.00. The van der Waals surface area contributed by atoms with Crippen LogP contribution >= 0.6 is 0 Å². The SMILES string of the molecule is C[C@H](NC(=O)COC(=O)[C@@H]1C[C@@H]1C)c1ccccc1. The maximum atomic E-state index is 11.7. The van der Waals surface area contributed by atoms with Crippen molar-refractivity contribution in [1.29, 1.82) is 0 Å². The summed E-state index contributed by atoms with van der Waals surface area (Å²) < 4.78 is 4.98. The minimum Gasteiger partial charge on any atom is -0.455 e. The van der Waals surface area contributed by atoms with Crippen molar-refractivity contribution in [2.24, 2.45) is 11.8 Å². The van der Waals surface area contributed by atoms with Gasteiger partial charge in [-0.05, 0) is 24.8 Å². The summed E-state index contributed by atoms with van der Waals surface area (Å²) in [5.74, 6) is -0.119. The molecule has 1 N–H and O–H groups in total. The number of esters is 1. The standard InChI is InChI=1S/C15H19NO3/c1-10-8-13(10)15(18)19-9-14(17)16-11(2)12-6-4-3-5-7-12/h3-7,10-11,13H,8-9H2,1-2H3,(H,16,17)/t10-,11-,13+/m0/s1. The van der Waals surface area contributed by atoms with Gasteiger partial charge in [0.2, 0.25) is 0 Å². The van der Waals surface area contributed by atoms with E-state index in [0.29, 0.717) is 5.92 Å². The van der Waals surface area contributed by atoms with Crippen LogP contribution in [0.3, 0.4) is 0 Å². The lowest BCUT2D eigenvalue weighted by Crippen LogP contribution is -2.31. The van der Waals surface area contributed by atoms with Crippen LogP contribution in [-0.2, 0) is 14.3 Å². The van der Waals surface area contributed by atoms with E-state index in [1.165, 1.54) is 0 Å². The van der Waals surface area contributed by atoms with Crippen molar-refractivity contribution in [2.45, 2.75) is 26.3 Å². The number of carbonyl (C=O) groups excluding carboxylic acids is 2. The van der Waals surface area contributed by atoms with Crippen molar-refractivity contribution in [2.75, 3.05) is 6.61 Å². The third-order valence-corrected chi connectivity index (χ3v) is 3.43. The molecule has 1 aromatic carbocycles. The Kier molecular flexibility index (Phi) is 4.20. The average molecular weight is 261 g/mol. The highest BCUT2D eigenvalue weighted by atomic mass is 16.5. The van der Waals surface area contributed by atoms with Gasteiger partial charge in [0.05, 0.1) is 12.0 Å². The quantitative estimate of drug-likeness (QED) is 0.825. The third kappa shape index (κ3) is 3.81. The van der Waals surface area contributed by atoms with Gasteiger partial charge in [-0.15, -0.1) is 0 Å². The Bertz CT molecular complexity index is 458. The molecule has 0 aromatic heterocycles. The second-order valence-corrected chi connectivity index (χ2v) is 5.13. The number of hydrogen-bond donors (Lipinski definition) is 1. The van der Waals surface area contributed by atoms with Crippen LogP contribution in [-0.4, -0.2) is 18.5 Å². The monoisotopic (exact) mass is 261 g/mol. The molecule has 0 bridgehead atoms. The van der Waals surface area contributed by atoms with Gasteiger partial charge in [0, 0.05) is 0 Å². The molecule has 1 saturated carbocycles. The Morgan fingerprint density at radius 3 is 2.58 bits per heavy atom. The van der Waals surface area contributed by atoms with Crippen LogP contribution in [0.25, 0.3) is 0 Å². The molecule has 2 rings (SSSR count). The summed E-state index contributed by atoms with van der Waals surface area (Å²) in [5.41, 5.74) is 1.03. The first kappa shape index (κ1) is 13.6. The molecule has 3 atom stereocenters. The van der Waals surface area contributed by atoms with Gasteiger partial charge in [-0.2, -0.15) is 0 Å². The van der Waals surface area contributed by atoms with Crippen molar-refractivity contribution in [3.8, 4) is 0 Å². The van der Waals surface area contributed by atoms with Gasteiger partial charge < -0.3 is 10.1 Å². The molecule has 1 aliphatic carbocycles. The molecular weight excluding hydrogens is 242 g/mol. The Morgan fingerprint density at radius 2 is 2.00 bits per heavy atom. The van der Waals surface area contributed by atoms with Crippen molar-refractivity contribution in [3.63, 3.8) is 0 Å². The molecule has 4 heteroatoms. The molecule has 0 unspecified atom stereocenters. The number of hydrogen-bond acceptors (Lipinski definition) is 3. The summed E-state index contributed by atoms with van der Waals surface area (Å²) in [6.45, 7) is 3.71. The molecule has 0 saturated heterocycles. The fraction of sp³-hybridized carbons (Fsp3) is 0.467. The van der Waals surface area contributed by atoms with Crippen LogP contribution in [0.4, 0.5) is 0 Å². The molecule has 1 amide bonds. The molecule has 0 spiro atoms. The van der Waals surface area contributed by atoms with Crippen LogP contribution in [0.1, 0.15) is 31.9 Å². The zero-order valence-electron chi connectivity index (χ0n) is 11.3. The molecule has 1 fully saturated rings. The highest BCUT2D eigenvalue weighted by molar-refractivity contribution is 5.82. The molecular formula is C15H19NO3. The molecule has 19 heavy (non-hydrogen) atoms. The topological polar surface area (TPSA) is 55.4 Å². The fourth-order valence-corrected chi connectivity index (χ4v) is 2.00. The Morgan fingerprint density at radius 1 is 1.37 bits per heavy atom. The normalized spacial score (nSPS) is 22.4. The lowest BCUT2D eigenvalue weighted by Gasteiger charge is -2.14. The highest BCUT2D eigenvalue weighted by Crippen LogP contribution is 2.38. The Balaban J connectivity index is 1.73. The number of carbonyl (C=O) groups is 2. The van der Waals surface area contributed by atoms with Gasteiger partial charge in [0.1, 0.15) is 0 Å². The number of ether oxygens (including phenoxy) is 1. The molecule has 0 heterocycles. The summed E-state index contributed by atoms with van der Waals surface area (Å²) in [5, 5.41) is 2.81. The first-order valence-corrected chi connectivity index (χ1v) is 6.59. The number of nitrogens with one attached hydrogen (secondary N) is 1. The van der Waals surface area contributed by atoms with E-state index in [-0.39, 0.29) is 30.4 Å². The van der Waals surface area contributed by atoms with E-state index in [2.05, 4.69) is 5.32 Å². The largest absolute Gasteiger partial charge is 0.455 e. The van der Waals surface area contributed by atoms with Crippen LogP contribution < -0.4 is 5.32 Å². The summed E-state index contributed by atoms with van der Waals surface area (Å²) in [6, 6.07) is 9.58. The smallest absolute Gasteiger partial charge is 0.309 e. The van der Waals surface area contributed by atoms with E-state index >= 15 is 0 Å². The van der Waals surface area contributed by atoms with Crippen LogP contribution in [0, 0.1) is 11.8 Å². The second-order valence-electron chi connectivity index (χ2n) is 5.13. The predicted molar refractivity (Wildman–Crippen MR) is 71.2 cm³/mol. The van der Waals surface area contributed by atoms with E-state index < -0.39 is 0 Å². The highest BCUT2D eigenvalue weighted by Gasteiger charge is 2.40. The molecule has 0 radical (unpaired) electrons. The van der Waals surface area contributed by atoms with Gasteiger partial charge in [-0.3, -0.25) is 9.59 Å². The van der Waals surface area contributed by atoms with Gasteiger partial charge in [-0.25, -0.2) is 0 Å². The minimum absolute atomic E-state index is 0.000605. The van der Waals surface area contributed by atoms with Crippen LogP contribution in [0.5, 0.6) is 0 Å². The van der Waals surface area contributed by atoms with Gasteiger partial charge in [0.15, 0.2) is 6.61 Å². The number of rotatable bonds is 5. The minimum atomic E-state index is -0.266. The van der Waals surface area contributed by atoms with Gasteiger partial charge >= 0.3 is 5.97 Å². The van der Waals surface area contributed by atoms with Crippen LogP contribution in [0.2, 0.25) is 0 Å². The second kappa shape index (κ2) is 5.87. The first-order valence-electron chi connectivity index (χ1n) is 6.59. The molecule has 4 nitrogen and oxygen atoms in total. The lowest BCUT2D eigenvalue weighted by molar-refractivity contribution is -0.150. The number of amides is 1. The lowest BCUT2D eigenvalue weighted by atomic mass is 10.1. The van der Waals surface area contributed by atoms with E-state index in [0.717, 1.165) is 12.0 Å². The van der Waals surface area contributed by atoms with Crippen molar-refractivity contribution in [1.82, 2.24) is 5.32 Å². The van der Waals surface area contributed by atoms with E-state index in [4.69, 9.17) is 4.74 Å². The molecule has 0 aliphatic heterocycles.